The van der Waals surface area contributed by atoms with E-state index in [-0.39, 0.29) is 24.1 Å². The van der Waals surface area contributed by atoms with Crippen LogP contribution in [0, 0.1) is 12.7 Å². The smallest absolute Gasteiger partial charge is 0.254 e. The number of nitrogens with zero attached hydrogens (tertiary/aromatic N) is 2. The van der Waals surface area contributed by atoms with E-state index in [2.05, 4.69) is 0 Å². The van der Waals surface area contributed by atoms with Crippen molar-refractivity contribution >= 4 is 11.8 Å². The highest BCUT2D eigenvalue weighted by Gasteiger charge is 2.23. The van der Waals surface area contributed by atoms with Crippen molar-refractivity contribution in [1.29, 1.82) is 0 Å². The van der Waals surface area contributed by atoms with Crippen molar-refractivity contribution < 1.29 is 14.0 Å². The molecule has 2 aromatic rings. The average molecular weight is 354 g/mol. The highest BCUT2D eigenvalue weighted by Crippen LogP contribution is 2.14. The number of amides is 2. The van der Waals surface area contributed by atoms with Crippen molar-refractivity contribution in [3.05, 3.63) is 71.0 Å². The molecule has 0 radical (unpaired) electrons. The molecule has 1 saturated heterocycles. The van der Waals surface area contributed by atoms with Crippen LogP contribution >= 0.6 is 0 Å². The summed E-state index contributed by atoms with van der Waals surface area (Å²) in [6, 6.07) is 13.6. The number of benzene rings is 2. The van der Waals surface area contributed by atoms with Crippen molar-refractivity contribution in [3.8, 4) is 0 Å². The predicted molar refractivity (Wildman–Crippen MR) is 98.4 cm³/mol. The molecule has 0 saturated carbocycles. The molecule has 0 aromatic heterocycles. The molecule has 1 fully saturated rings. The molecular formula is C21H23FN2O2. The van der Waals surface area contributed by atoms with Crippen LogP contribution in [0.15, 0.2) is 48.5 Å². The summed E-state index contributed by atoms with van der Waals surface area (Å²) in [5.41, 5.74) is 2.48. The first kappa shape index (κ1) is 18.1. The van der Waals surface area contributed by atoms with E-state index in [0.717, 1.165) is 23.1 Å². The molecule has 1 aliphatic rings. The summed E-state index contributed by atoms with van der Waals surface area (Å²) in [7, 11) is 0. The van der Waals surface area contributed by atoms with Crippen molar-refractivity contribution in [2.45, 2.75) is 19.8 Å². The van der Waals surface area contributed by atoms with Gasteiger partial charge >= 0.3 is 0 Å². The van der Waals surface area contributed by atoms with E-state index >= 15 is 0 Å². The molecule has 0 bridgehead atoms. The van der Waals surface area contributed by atoms with Crippen LogP contribution in [0.1, 0.15) is 27.9 Å². The fraction of sp³-hybridized carbons (Fsp3) is 0.333. The Kier molecular flexibility index (Phi) is 5.66. The lowest BCUT2D eigenvalue weighted by atomic mass is 10.1. The quantitative estimate of drug-likeness (QED) is 0.850. The second-order valence-corrected chi connectivity index (χ2v) is 6.64. The van der Waals surface area contributed by atoms with Gasteiger partial charge in [-0.15, -0.1) is 0 Å². The van der Waals surface area contributed by atoms with Gasteiger partial charge in [0.05, 0.1) is 6.42 Å². The molecular weight excluding hydrogens is 331 g/mol. The Labute approximate surface area is 153 Å². The Bertz CT molecular complexity index is 789. The number of carbonyl (C=O) groups is 2. The summed E-state index contributed by atoms with van der Waals surface area (Å²) in [5, 5.41) is 0. The van der Waals surface area contributed by atoms with Gasteiger partial charge in [-0.2, -0.15) is 0 Å². The van der Waals surface area contributed by atoms with Crippen molar-refractivity contribution in [1.82, 2.24) is 9.80 Å². The lowest BCUT2D eigenvalue weighted by molar-refractivity contribution is -0.130. The van der Waals surface area contributed by atoms with Gasteiger partial charge in [-0.05, 0) is 42.7 Å². The van der Waals surface area contributed by atoms with Gasteiger partial charge in [0, 0.05) is 31.7 Å². The second kappa shape index (κ2) is 8.13. The van der Waals surface area contributed by atoms with Gasteiger partial charge in [0.15, 0.2) is 0 Å². The summed E-state index contributed by atoms with van der Waals surface area (Å²) >= 11 is 0. The zero-order valence-electron chi connectivity index (χ0n) is 15.0. The molecule has 1 heterocycles. The monoisotopic (exact) mass is 354 g/mol. The maximum absolute atomic E-state index is 13.0. The Morgan fingerprint density at radius 3 is 2.31 bits per heavy atom. The number of aryl methyl sites for hydroxylation is 1. The number of hydrogen-bond acceptors (Lipinski definition) is 2. The van der Waals surface area contributed by atoms with Crippen LogP contribution in [0.2, 0.25) is 0 Å². The molecule has 2 aromatic carbocycles. The fourth-order valence-corrected chi connectivity index (χ4v) is 3.24. The van der Waals surface area contributed by atoms with Crippen LogP contribution in [0.3, 0.4) is 0 Å². The van der Waals surface area contributed by atoms with Gasteiger partial charge in [-0.1, -0.05) is 30.3 Å². The van der Waals surface area contributed by atoms with E-state index in [1.165, 1.54) is 12.1 Å². The molecule has 0 atom stereocenters. The normalized spacial score (nSPS) is 14.8. The van der Waals surface area contributed by atoms with E-state index in [1.54, 1.807) is 17.0 Å². The highest BCUT2D eigenvalue weighted by molar-refractivity contribution is 5.95. The van der Waals surface area contributed by atoms with Crippen molar-refractivity contribution in [2.75, 3.05) is 26.2 Å². The SMILES string of the molecule is Cc1ccccc1C(=O)N1CCCN(C(=O)Cc2ccc(F)cc2)CC1. The third-order valence-corrected chi connectivity index (χ3v) is 4.78. The van der Waals surface area contributed by atoms with Gasteiger partial charge in [0.2, 0.25) is 5.91 Å². The molecule has 3 rings (SSSR count). The topological polar surface area (TPSA) is 40.6 Å². The van der Waals surface area contributed by atoms with Gasteiger partial charge in [0.25, 0.3) is 5.91 Å². The van der Waals surface area contributed by atoms with E-state index < -0.39 is 0 Å². The van der Waals surface area contributed by atoms with Crippen LogP contribution < -0.4 is 0 Å². The second-order valence-electron chi connectivity index (χ2n) is 6.64. The summed E-state index contributed by atoms with van der Waals surface area (Å²) in [5.74, 6) is -0.265. The molecule has 26 heavy (non-hydrogen) atoms. The van der Waals surface area contributed by atoms with Gasteiger partial charge in [-0.3, -0.25) is 9.59 Å². The number of hydrogen-bond donors (Lipinski definition) is 0. The van der Waals surface area contributed by atoms with E-state index in [4.69, 9.17) is 0 Å². The third kappa shape index (κ3) is 4.28. The van der Waals surface area contributed by atoms with E-state index in [0.29, 0.717) is 26.2 Å². The van der Waals surface area contributed by atoms with Crippen LogP contribution in [-0.2, 0) is 11.2 Å². The van der Waals surface area contributed by atoms with Gasteiger partial charge < -0.3 is 9.80 Å². The largest absolute Gasteiger partial charge is 0.341 e. The number of rotatable bonds is 3. The van der Waals surface area contributed by atoms with Crippen LogP contribution in [0.5, 0.6) is 0 Å². The summed E-state index contributed by atoms with van der Waals surface area (Å²) < 4.78 is 13.0. The van der Waals surface area contributed by atoms with Gasteiger partial charge in [-0.25, -0.2) is 4.39 Å². The average Bonchev–Trinajstić information content (AvgIpc) is 2.90. The summed E-state index contributed by atoms with van der Waals surface area (Å²) in [4.78, 5) is 28.9. The minimum absolute atomic E-state index is 0.0156. The molecule has 0 spiro atoms. The molecule has 0 unspecified atom stereocenters. The molecule has 0 N–H and O–H groups in total. The van der Waals surface area contributed by atoms with Gasteiger partial charge in [0.1, 0.15) is 5.82 Å². The standard InChI is InChI=1S/C21H23FN2O2/c1-16-5-2-3-6-19(16)21(26)24-12-4-11-23(13-14-24)20(25)15-17-7-9-18(22)10-8-17/h2-3,5-10H,4,11-15H2,1H3. The summed E-state index contributed by atoms with van der Waals surface area (Å²) in [6.07, 6.45) is 1.01. The Hall–Kier alpha value is -2.69. The first-order valence-corrected chi connectivity index (χ1v) is 8.92. The van der Waals surface area contributed by atoms with Crippen molar-refractivity contribution in [2.24, 2.45) is 0 Å². The van der Waals surface area contributed by atoms with Crippen LogP contribution in [-0.4, -0.2) is 47.8 Å². The molecule has 0 aliphatic carbocycles. The first-order valence-electron chi connectivity index (χ1n) is 8.92. The fourth-order valence-electron chi connectivity index (χ4n) is 3.24. The van der Waals surface area contributed by atoms with Crippen molar-refractivity contribution in [3.63, 3.8) is 0 Å². The van der Waals surface area contributed by atoms with Crippen LogP contribution in [0.25, 0.3) is 0 Å². The lowest BCUT2D eigenvalue weighted by Gasteiger charge is -2.23. The zero-order chi connectivity index (χ0) is 18.5. The maximum atomic E-state index is 13.0. The van der Waals surface area contributed by atoms with E-state index in [1.807, 2.05) is 36.1 Å². The Balaban J connectivity index is 1.61. The third-order valence-electron chi connectivity index (χ3n) is 4.78. The van der Waals surface area contributed by atoms with Crippen LogP contribution in [0.4, 0.5) is 4.39 Å². The Morgan fingerprint density at radius 1 is 0.923 bits per heavy atom. The predicted octanol–water partition coefficient (Wildman–Crippen LogP) is 3.05. The Morgan fingerprint density at radius 2 is 1.58 bits per heavy atom. The van der Waals surface area contributed by atoms with E-state index in [9.17, 15) is 14.0 Å². The lowest BCUT2D eigenvalue weighted by Crippen LogP contribution is -2.38. The summed E-state index contributed by atoms with van der Waals surface area (Å²) in [6.45, 7) is 4.27. The first-order chi connectivity index (χ1) is 12.5. The molecule has 136 valence electrons. The number of carbonyl (C=O) groups excluding carboxylic acids is 2. The molecule has 1 aliphatic heterocycles. The molecule has 5 heteroatoms. The zero-order valence-corrected chi connectivity index (χ0v) is 15.0. The highest BCUT2D eigenvalue weighted by atomic mass is 19.1. The molecule has 4 nitrogen and oxygen atoms in total. The maximum Gasteiger partial charge on any atom is 0.254 e. The minimum atomic E-state index is -0.304. The minimum Gasteiger partial charge on any atom is -0.341 e. The molecule has 2 amide bonds. The number of halogens is 1.